The molecule has 0 radical (unpaired) electrons. The first kappa shape index (κ1) is 20.4. The molecule has 0 saturated heterocycles. The molecule has 0 saturated carbocycles. The molecule has 1 N–H and O–H groups in total. The lowest BCUT2D eigenvalue weighted by molar-refractivity contribution is -0.121. The van der Waals surface area contributed by atoms with Crippen LogP contribution >= 0.6 is 0 Å². The second-order valence-corrected chi connectivity index (χ2v) is 6.28. The monoisotopic (exact) mass is 366 g/mol. The average Bonchev–Trinajstić information content (AvgIpc) is 2.70. The zero-order chi connectivity index (χ0) is 19.3. The molecule has 2 aromatic carbocycles. The van der Waals surface area contributed by atoms with Gasteiger partial charge in [0.1, 0.15) is 5.75 Å². The number of ether oxygens (including phenoxy) is 1. The number of rotatable bonds is 10. The molecule has 0 aliphatic heterocycles. The number of unbranched alkanes of at least 4 members (excludes halogenated alkanes) is 4. The van der Waals surface area contributed by atoms with Gasteiger partial charge in [0.05, 0.1) is 11.8 Å². The molecule has 2 rings (SSSR count). The maximum absolute atomic E-state index is 12.0. The molecule has 142 valence electrons. The minimum atomic E-state index is -0.400. The van der Waals surface area contributed by atoms with E-state index in [1.807, 2.05) is 6.07 Å². The Kier molecular flexibility index (Phi) is 8.77. The van der Waals surface area contributed by atoms with Crippen molar-refractivity contribution in [1.29, 1.82) is 0 Å². The van der Waals surface area contributed by atoms with Gasteiger partial charge in [0.2, 0.25) is 5.91 Å². The Morgan fingerprint density at radius 1 is 0.963 bits per heavy atom. The highest BCUT2D eigenvalue weighted by atomic mass is 16.5. The van der Waals surface area contributed by atoms with Crippen LogP contribution in [-0.2, 0) is 4.79 Å². The number of carbonyl (C=O) groups is 2. The molecule has 5 heteroatoms. The summed E-state index contributed by atoms with van der Waals surface area (Å²) >= 11 is 0. The van der Waals surface area contributed by atoms with Crippen molar-refractivity contribution in [3.05, 3.63) is 65.7 Å². The zero-order valence-corrected chi connectivity index (χ0v) is 15.7. The molecule has 5 nitrogen and oxygen atoms in total. The molecular weight excluding hydrogens is 340 g/mol. The fourth-order valence-electron chi connectivity index (χ4n) is 2.49. The molecule has 0 aliphatic rings. The Morgan fingerprint density at radius 2 is 1.67 bits per heavy atom. The Balaban J connectivity index is 1.74. The first-order valence-electron chi connectivity index (χ1n) is 9.38. The topological polar surface area (TPSA) is 67.8 Å². The highest BCUT2D eigenvalue weighted by molar-refractivity contribution is 5.91. The van der Waals surface area contributed by atoms with Crippen LogP contribution in [0.1, 0.15) is 61.4 Å². The van der Waals surface area contributed by atoms with E-state index in [2.05, 4.69) is 17.5 Å². The van der Waals surface area contributed by atoms with Crippen molar-refractivity contribution in [2.45, 2.75) is 45.4 Å². The number of hydrogen-bond donors (Lipinski definition) is 1. The van der Waals surface area contributed by atoms with Gasteiger partial charge in [0, 0.05) is 6.42 Å². The van der Waals surface area contributed by atoms with E-state index in [1.165, 1.54) is 19.3 Å². The van der Waals surface area contributed by atoms with Gasteiger partial charge < -0.3 is 4.74 Å². The van der Waals surface area contributed by atoms with Gasteiger partial charge in [-0.15, -0.1) is 0 Å². The predicted molar refractivity (Wildman–Crippen MR) is 107 cm³/mol. The summed E-state index contributed by atoms with van der Waals surface area (Å²) in [5, 5.41) is 3.96. The van der Waals surface area contributed by atoms with Crippen molar-refractivity contribution in [3.8, 4) is 5.75 Å². The van der Waals surface area contributed by atoms with Crippen molar-refractivity contribution in [2.24, 2.45) is 5.10 Å². The maximum atomic E-state index is 12.0. The normalized spacial score (nSPS) is 10.7. The van der Waals surface area contributed by atoms with E-state index in [9.17, 15) is 9.59 Å². The number of hydrazone groups is 1. The summed E-state index contributed by atoms with van der Waals surface area (Å²) in [7, 11) is 0. The lowest BCUT2D eigenvalue weighted by atomic mass is 10.1. The summed E-state index contributed by atoms with van der Waals surface area (Å²) < 4.78 is 5.32. The third-order valence-electron chi connectivity index (χ3n) is 4.01. The molecule has 0 heterocycles. The largest absolute Gasteiger partial charge is 0.423 e. The number of esters is 1. The van der Waals surface area contributed by atoms with Gasteiger partial charge in [0.15, 0.2) is 0 Å². The first-order valence-corrected chi connectivity index (χ1v) is 9.38. The Morgan fingerprint density at radius 3 is 2.37 bits per heavy atom. The number of hydrogen-bond acceptors (Lipinski definition) is 4. The smallest absolute Gasteiger partial charge is 0.343 e. The van der Waals surface area contributed by atoms with Crippen LogP contribution in [0, 0.1) is 0 Å². The fourth-order valence-corrected chi connectivity index (χ4v) is 2.49. The van der Waals surface area contributed by atoms with Crippen LogP contribution in [0.3, 0.4) is 0 Å². The summed E-state index contributed by atoms with van der Waals surface area (Å²) in [6.07, 6.45) is 7.62. The quantitative estimate of drug-likeness (QED) is 0.218. The fraction of sp³-hybridized carbons (Fsp3) is 0.318. The summed E-state index contributed by atoms with van der Waals surface area (Å²) in [5.41, 5.74) is 3.84. The molecule has 1 amide bonds. The van der Waals surface area contributed by atoms with Crippen LogP contribution < -0.4 is 10.2 Å². The van der Waals surface area contributed by atoms with E-state index in [-0.39, 0.29) is 5.91 Å². The second kappa shape index (κ2) is 11.6. The molecule has 2 aromatic rings. The van der Waals surface area contributed by atoms with Gasteiger partial charge in [-0.05, 0) is 48.4 Å². The average molecular weight is 366 g/mol. The lowest BCUT2D eigenvalue weighted by Gasteiger charge is -2.04. The molecular formula is C22H26N2O3. The summed E-state index contributed by atoms with van der Waals surface area (Å²) in [6, 6.07) is 15.8. The zero-order valence-electron chi connectivity index (χ0n) is 15.7. The molecule has 0 spiro atoms. The van der Waals surface area contributed by atoms with Crippen LogP contribution in [0.25, 0.3) is 0 Å². The minimum absolute atomic E-state index is 0.0730. The highest BCUT2D eigenvalue weighted by Gasteiger charge is 2.07. The molecule has 0 aliphatic carbocycles. The van der Waals surface area contributed by atoms with E-state index in [1.54, 1.807) is 54.7 Å². The van der Waals surface area contributed by atoms with E-state index in [4.69, 9.17) is 4.74 Å². The lowest BCUT2D eigenvalue weighted by Crippen LogP contribution is -2.16. The van der Waals surface area contributed by atoms with Gasteiger partial charge in [-0.2, -0.15) is 5.10 Å². The van der Waals surface area contributed by atoms with Crippen molar-refractivity contribution in [3.63, 3.8) is 0 Å². The summed E-state index contributed by atoms with van der Waals surface area (Å²) in [4.78, 5) is 23.7. The number of nitrogens with zero attached hydrogens (tertiary/aromatic N) is 1. The van der Waals surface area contributed by atoms with E-state index in [0.29, 0.717) is 17.7 Å². The summed E-state index contributed by atoms with van der Waals surface area (Å²) in [6.45, 7) is 2.17. The third kappa shape index (κ3) is 7.86. The van der Waals surface area contributed by atoms with Gasteiger partial charge in [-0.3, -0.25) is 4.79 Å². The van der Waals surface area contributed by atoms with Crippen LogP contribution in [-0.4, -0.2) is 18.1 Å². The number of benzene rings is 2. The second-order valence-electron chi connectivity index (χ2n) is 6.28. The van der Waals surface area contributed by atoms with Crippen molar-refractivity contribution < 1.29 is 14.3 Å². The molecule has 0 bridgehead atoms. The highest BCUT2D eigenvalue weighted by Crippen LogP contribution is 2.13. The van der Waals surface area contributed by atoms with Crippen molar-refractivity contribution in [2.75, 3.05) is 0 Å². The van der Waals surface area contributed by atoms with Crippen molar-refractivity contribution >= 4 is 18.1 Å². The minimum Gasteiger partial charge on any atom is -0.423 e. The van der Waals surface area contributed by atoms with E-state index < -0.39 is 5.97 Å². The summed E-state index contributed by atoms with van der Waals surface area (Å²) in [5.74, 6) is -0.0171. The van der Waals surface area contributed by atoms with E-state index in [0.717, 1.165) is 18.4 Å². The van der Waals surface area contributed by atoms with E-state index >= 15 is 0 Å². The Hall–Kier alpha value is -2.95. The van der Waals surface area contributed by atoms with Gasteiger partial charge >= 0.3 is 5.97 Å². The molecule has 27 heavy (non-hydrogen) atoms. The Bertz CT molecular complexity index is 740. The van der Waals surface area contributed by atoms with Gasteiger partial charge in [-0.25, -0.2) is 10.2 Å². The van der Waals surface area contributed by atoms with Crippen LogP contribution in [0.15, 0.2) is 59.7 Å². The predicted octanol–water partition coefficient (Wildman–Crippen LogP) is 4.72. The standard InChI is InChI=1S/C22H26N2O3/c1-2-3-4-5-9-12-21(25)24-23-17-18-13-15-20(16-14-18)27-22(26)19-10-7-6-8-11-19/h6-8,10-11,13-17H,2-5,9,12H2,1H3,(H,24,25). The Labute approximate surface area is 160 Å². The maximum Gasteiger partial charge on any atom is 0.343 e. The molecule has 0 fully saturated rings. The number of carbonyl (C=O) groups excluding carboxylic acids is 2. The number of nitrogens with one attached hydrogen (secondary N) is 1. The van der Waals surface area contributed by atoms with Crippen LogP contribution in [0.5, 0.6) is 5.75 Å². The number of amides is 1. The van der Waals surface area contributed by atoms with Crippen LogP contribution in [0.2, 0.25) is 0 Å². The van der Waals surface area contributed by atoms with Crippen molar-refractivity contribution in [1.82, 2.24) is 5.43 Å². The molecule has 0 aromatic heterocycles. The van der Waals surface area contributed by atoms with Gasteiger partial charge in [-0.1, -0.05) is 50.8 Å². The third-order valence-corrected chi connectivity index (χ3v) is 4.01. The first-order chi connectivity index (χ1) is 13.2. The van der Waals surface area contributed by atoms with Gasteiger partial charge in [0.25, 0.3) is 0 Å². The SMILES string of the molecule is CCCCCCCC(=O)NN=Cc1ccc(OC(=O)c2ccccc2)cc1. The molecule has 0 unspecified atom stereocenters. The van der Waals surface area contributed by atoms with Crippen LogP contribution in [0.4, 0.5) is 0 Å². The molecule has 0 atom stereocenters.